The van der Waals surface area contributed by atoms with Gasteiger partial charge in [-0.1, -0.05) is 5.16 Å². The number of hydrogen-bond acceptors (Lipinski definition) is 4. The van der Waals surface area contributed by atoms with Gasteiger partial charge in [0.25, 0.3) is 0 Å². The molecule has 6 nitrogen and oxygen atoms in total. The van der Waals surface area contributed by atoms with Crippen molar-refractivity contribution in [2.45, 2.75) is 13.5 Å². The van der Waals surface area contributed by atoms with Crippen molar-refractivity contribution < 1.29 is 14.4 Å². The summed E-state index contributed by atoms with van der Waals surface area (Å²) in [5.41, 5.74) is -0.115. The predicted molar refractivity (Wildman–Crippen MR) is 50.4 cm³/mol. The number of carbonyl (C=O) groups is 1. The summed E-state index contributed by atoms with van der Waals surface area (Å²) in [5.74, 6) is -0.170. The van der Waals surface area contributed by atoms with Gasteiger partial charge in [0, 0.05) is 25.0 Å². The minimum absolute atomic E-state index is 0.115. The van der Waals surface area contributed by atoms with Crippen LogP contribution in [0.25, 0.3) is 11.6 Å². The van der Waals surface area contributed by atoms with Crippen molar-refractivity contribution in [3.05, 3.63) is 24.2 Å². The van der Waals surface area contributed by atoms with Gasteiger partial charge in [-0.15, -0.1) is 0 Å². The largest absolute Gasteiger partial charge is 0.476 e. The van der Waals surface area contributed by atoms with Crippen LogP contribution >= 0.6 is 0 Å². The topological polar surface area (TPSA) is 81.2 Å². The molecule has 0 aliphatic heterocycles. The van der Waals surface area contributed by atoms with E-state index in [2.05, 4.69) is 10.1 Å². The van der Waals surface area contributed by atoms with Crippen molar-refractivity contribution in [3.63, 3.8) is 0 Å². The number of carboxylic acids is 1. The van der Waals surface area contributed by atoms with Gasteiger partial charge in [-0.25, -0.2) is 9.78 Å². The lowest BCUT2D eigenvalue weighted by Crippen LogP contribution is -1.96. The molecule has 0 aliphatic rings. The van der Waals surface area contributed by atoms with Crippen LogP contribution in [0.2, 0.25) is 0 Å². The first-order chi connectivity index (χ1) is 7.22. The first kappa shape index (κ1) is 9.45. The van der Waals surface area contributed by atoms with E-state index in [4.69, 9.17) is 9.63 Å². The smallest absolute Gasteiger partial charge is 0.358 e. The molecule has 0 unspecified atom stereocenters. The maximum Gasteiger partial charge on any atom is 0.358 e. The first-order valence-electron chi connectivity index (χ1n) is 4.44. The van der Waals surface area contributed by atoms with E-state index in [0.29, 0.717) is 11.6 Å². The molecule has 0 saturated carbocycles. The number of hydrogen-bond donors (Lipinski definition) is 1. The zero-order valence-electron chi connectivity index (χ0n) is 8.04. The molecule has 0 aromatic carbocycles. The van der Waals surface area contributed by atoms with Gasteiger partial charge in [0.2, 0.25) is 5.76 Å². The molecule has 0 bridgehead atoms. The lowest BCUT2D eigenvalue weighted by atomic mass is 10.3. The third-order valence-electron chi connectivity index (χ3n) is 2.01. The van der Waals surface area contributed by atoms with Gasteiger partial charge in [0.1, 0.15) is 0 Å². The maximum absolute atomic E-state index is 10.6. The lowest BCUT2D eigenvalue weighted by molar-refractivity contribution is 0.0686. The van der Waals surface area contributed by atoms with Gasteiger partial charge in [0.05, 0.1) is 0 Å². The van der Waals surface area contributed by atoms with E-state index in [1.54, 1.807) is 12.4 Å². The normalized spacial score (nSPS) is 10.5. The monoisotopic (exact) mass is 207 g/mol. The van der Waals surface area contributed by atoms with Crippen molar-refractivity contribution in [2.24, 2.45) is 0 Å². The summed E-state index contributed by atoms with van der Waals surface area (Å²) in [5, 5.41) is 12.1. The van der Waals surface area contributed by atoms with Crippen LogP contribution in [0.5, 0.6) is 0 Å². The second-order valence-corrected chi connectivity index (χ2v) is 2.92. The Morgan fingerprint density at radius 1 is 1.67 bits per heavy atom. The Bertz CT molecular complexity index is 486. The summed E-state index contributed by atoms with van der Waals surface area (Å²) >= 11 is 0. The molecule has 2 rings (SSSR count). The number of imidazole rings is 1. The number of aromatic carboxylic acids is 1. The minimum atomic E-state index is -1.11. The van der Waals surface area contributed by atoms with Crippen LogP contribution in [-0.4, -0.2) is 25.8 Å². The quantitative estimate of drug-likeness (QED) is 0.819. The Morgan fingerprint density at radius 2 is 2.47 bits per heavy atom. The zero-order valence-corrected chi connectivity index (χ0v) is 8.04. The van der Waals surface area contributed by atoms with Crippen molar-refractivity contribution in [2.75, 3.05) is 0 Å². The van der Waals surface area contributed by atoms with Gasteiger partial charge in [-0.3, -0.25) is 0 Å². The van der Waals surface area contributed by atoms with Gasteiger partial charge in [-0.05, 0) is 6.92 Å². The molecule has 2 heterocycles. The maximum atomic E-state index is 10.6. The van der Waals surface area contributed by atoms with Gasteiger partial charge < -0.3 is 14.2 Å². The molecular formula is C9H9N3O3. The van der Waals surface area contributed by atoms with Crippen LogP contribution in [0, 0.1) is 0 Å². The average molecular weight is 207 g/mol. The van der Waals surface area contributed by atoms with E-state index >= 15 is 0 Å². The zero-order chi connectivity index (χ0) is 10.8. The van der Waals surface area contributed by atoms with E-state index in [9.17, 15) is 4.79 Å². The van der Waals surface area contributed by atoms with Gasteiger partial charge in [0.15, 0.2) is 11.5 Å². The SMILES string of the molecule is CCn1ccnc1-c1cc(C(=O)O)no1. The highest BCUT2D eigenvalue weighted by atomic mass is 16.5. The Kier molecular flexibility index (Phi) is 2.24. The highest BCUT2D eigenvalue weighted by Gasteiger charge is 2.15. The standard InChI is InChI=1S/C9H9N3O3/c1-2-12-4-3-10-8(12)7-5-6(9(13)14)11-15-7/h3-5H,2H2,1H3,(H,13,14). The molecule has 2 aromatic rings. The average Bonchev–Trinajstić information content (AvgIpc) is 2.85. The van der Waals surface area contributed by atoms with Crippen LogP contribution in [0.3, 0.4) is 0 Å². The Labute approximate surface area is 85.1 Å². The van der Waals surface area contributed by atoms with E-state index in [1.807, 2.05) is 11.5 Å². The Hall–Kier alpha value is -2.11. The second-order valence-electron chi connectivity index (χ2n) is 2.92. The fourth-order valence-corrected chi connectivity index (χ4v) is 1.27. The third-order valence-corrected chi connectivity index (χ3v) is 2.01. The first-order valence-corrected chi connectivity index (χ1v) is 4.44. The van der Waals surface area contributed by atoms with Gasteiger partial charge in [-0.2, -0.15) is 0 Å². The Morgan fingerprint density at radius 3 is 3.07 bits per heavy atom. The van der Waals surface area contributed by atoms with E-state index in [1.165, 1.54) is 6.07 Å². The molecular weight excluding hydrogens is 198 g/mol. The number of aromatic nitrogens is 3. The molecule has 2 aromatic heterocycles. The highest BCUT2D eigenvalue weighted by molar-refractivity contribution is 5.86. The van der Waals surface area contributed by atoms with Gasteiger partial charge >= 0.3 is 5.97 Å². The second kappa shape index (κ2) is 3.56. The summed E-state index contributed by atoms with van der Waals surface area (Å²) in [6.45, 7) is 2.69. The van der Waals surface area contributed by atoms with E-state index < -0.39 is 5.97 Å². The molecule has 0 aliphatic carbocycles. The molecule has 0 amide bonds. The molecule has 1 N–H and O–H groups in total. The highest BCUT2D eigenvalue weighted by Crippen LogP contribution is 2.18. The van der Waals surface area contributed by atoms with E-state index in [0.717, 1.165) is 6.54 Å². The molecule has 0 radical (unpaired) electrons. The van der Waals surface area contributed by atoms with Crippen LogP contribution < -0.4 is 0 Å². The van der Waals surface area contributed by atoms with Crippen LogP contribution in [-0.2, 0) is 6.54 Å². The molecule has 6 heteroatoms. The predicted octanol–water partition coefficient (Wildman–Crippen LogP) is 1.26. The summed E-state index contributed by atoms with van der Waals surface area (Å²) in [4.78, 5) is 14.7. The van der Waals surface area contributed by atoms with Crippen molar-refractivity contribution in [1.29, 1.82) is 0 Å². The van der Waals surface area contributed by atoms with Crippen LogP contribution in [0.1, 0.15) is 17.4 Å². The Balaban J connectivity index is 2.41. The van der Waals surface area contributed by atoms with Crippen molar-refractivity contribution in [1.82, 2.24) is 14.7 Å². The molecule has 0 saturated heterocycles. The minimum Gasteiger partial charge on any atom is -0.476 e. The number of rotatable bonds is 3. The molecule has 0 atom stereocenters. The lowest BCUT2D eigenvalue weighted by Gasteiger charge is -1.98. The summed E-state index contributed by atoms with van der Waals surface area (Å²) < 4.78 is 6.74. The molecule has 0 fully saturated rings. The molecule has 0 spiro atoms. The van der Waals surface area contributed by atoms with Crippen molar-refractivity contribution in [3.8, 4) is 11.6 Å². The van der Waals surface area contributed by atoms with Crippen LogP contribution in [0.4, 0.5) is 0 Å². The summed E-state index contributed by atoms with van der Waals surface area (Å²) in [6, 6.07) is 1.36. The number of nitrogens with zero attached hydrogens (tertiary/aromatic N) is 3. The number of aryl methyl sites for hydroxylation is 1. The van der Waals surface area contributed by atoms with E-state index in [-0.39, 0.29) is 5.69 Å². The van der Waals surface area contributed by atoms with Crippen LogP contribution in [0.15, 0.2) is 23.0 Å². The number of carboxylic acid groups (broad SMARTS) is 1. The summed E-state index contributed by atoms with van der Waals surface area (Å²) in [6.07, 6.45) is 3.42. The molecule has 15 heavy (non-hydrogen) atoms. The summed E-state index contributed by atoms with van der Waals surface area (Å²) in [7, 11) is 0. The third kappa shape index (κ3) is 1.61. The fourth-order valence-electron chi connectivity index (χ4n) is 1.27. The molecule has 78 valence electrons. The fraction of sp³-hybridized carbons (Fsp3) is 0.222. The van der Waals surface area contributed by atoms with Crippen molar-refractivity contribution >= 4 is 5.97 Å².